The predicted octanol–water partition coefficient (Wildman–Crippen LogP) is 14.7. The summed E-state index contributed by atoms with van der Waals surface area (Å²) in [6.45, 7) is 0. The number of rotatable bonds is 6. The van der Waals surface area contributed by atoms with Crippen molar-refractivity contribution in [2.24, 2.45) is 0 Å². The molecule has 4 aliphatic rings. The number of nitrogens with zero attached hydrogens (tertiary/aromatic N) is 1. The molecular formula is C53H41NS. The van der Waals surface area contributed by atoms with E-state index >= 15 is 0 Å². The number of hydrogen-bond donors (Lipinski definition) is 0. The quantitative estimate of drug-likeness (QED) is 0.165. The molecule has 6 aromatic carbocycles. The Labute approximate surface area is 327 Å². The molecule has 2 atom stereocenters. The van der Waals surface area contributed by atoms with E-state index in [1.165, 1.54) is 81.4 Å². The molecule has 0 aliphatic heterocycles. The normalized spacial score (nSPS) is 20.2. The molecule has 0 radical (unpaired) electrons. The van der Waals surface area contributed by atoms with Crippen LogP contribution in [-0.2, 0) is 5.41 Å². The van der Waals surface area contributed by atoms with Gasteiger partial charge in [0.2, 0.25) is 0 Å². The highest BCUT2D eigenvalue weighted by atomic mass is 32.1. The molecule has 1 aromatic heterocycles. The van der Waals surface area contributed by atoms with Crippen molar-refractivity contribution in [3.8, 4) is 0 Å². The number of allylic oxidation sites excluding steroid dienone is 11. The molecule has 264 valence electrons. The lowest BCUT2D eigenvalue weighted by atomic mass is 9.63. The lowest BCUT2D eigenvalue weighted by Crippen LogP contribution is -2.32. The van der Waals surface area contributed by atoms with Gasteiger partial charge in [-0.3, -0.25) is 0 Å². The van der Waals surface area contributed by atoms with Crippen molar-refractivity contribution in [3.63, 3.8) is 0 Å². The standard InChI is InChI=1S/C53H41NS/c1-3-19-38(20-4-1)53(39-21-5-2-6-22-39)48-29-11-9-25-44(48)45-33-32-41(35-49(45)53)54(50-30-14-17-36-16-7-8-24-42(36)50)40-23-13-18-37(34-40)43-27-15-28-47-46-26-10-12-31-51(46)55-52(43)47/h1-5,7-10,12-17,19-21,23-28,30-35,37H,6,11,18,22,29H2. The monoisotopic (exact) mass is 723 g/mol. The van der Waals surface area contributed by atoms with Gasteiger partial charge in [0.25, 0.3) is 0 Å². The Morgan fingerprint density at radius 2 is 1.45 bits per heavy atom. The fraction of sp³-hybridized carbons (Fsp3) is 0.132. The zero-order valence-electron chi connectivity index (χ0n) is 30.8. The van der Waals surface area contributed by atoms with Crippen LogP contribution in [0.3, 0.4) is 0 Å². The van der Waals surface area contributed by atoms with Gasteiger partial charge in [-0.05, 0) is 101 Å². The average molecular weight is 724 g/mol. The molecule has 0 spiro atoms. The van der Waals surface area contributed by atoms with Gasteiger partial charge in [0.1, 0.15) is 0 Å². The molecule has 4 aliphatic carbocycles. The van der Waals surface area contributed by atoms with E-state index in [1.807, 2.05) is 11.3 Å². The third-order valence-electron chi connectivity index (χ3n) is 12.4. The summed E-state index contributed by atoms with van der Waals surface area (Å²) in [5.74, 6) is 0.255. The van der Waals surface area contributed by atoms with Crippen LogP contribution < -0.4 is 4.90 Å². The SMILES string of the molecule is C1=CCCC(C2(c3ccccc3)C3=C(C=CCC3)c3ccc(N(C4=CC(c5cccc6c5sc5ccccc56)CC=C4)c4cccc5ccccc45)cc32)=C1. The van der Waals surface area contributed by atoms with Crippen LogP contribution in [-0.4, -0.2) is 0 Å². The molecule has 2 heteroatoms. The fourth-order valence-corrected chi connectivity index (χ4v) is 11.4. The van der Waals surface area contributed by atoms with Gasteiger partial charge in [0.05, 0.1) is 11.1 Å². The number of fused-ring (bicyclic) bond motifs is 6. The van der Waals surface area contributed by atoms with Crippen LogP contribution in [0, 0.1) is 0 Å². The highest BCUT2D eigenvalue weighted by Crippen LogP contribution is 2.59. The van der Waals surface area contributed by atoms with Crippen molar-refractivity contribution in [1.29, 1.82) is 0 Å². The molecule has 0 fully saturated rings. The minimum absolute atomic E-state index is 0.255. The van der Waals surface area contributed by atoms with Gasteiger partial charge in [-0.1, -0.05) is 157 Å². The Kier molecular flexibility index (Phi) is 7.74. The minimum atomic E-state index is -0.308. The van der Waals surface area contributed by atoms with E-state index in [-0.39, 0.29) is 11.3 Å². The van der Waals surface area contributed by atoms with Crippen LogP contribution in [0.1, 0.15) is 60.3 Å². The first-order valence-electron chi connectivity index (χ1n) is 19.8. The maximum Gasteiger partial charge on any atom is 0.0640 e. The van der Waals surface area contributed by atoms with E-state index in [9.17, 15) is 0 Å². The zero-order chi connectivity index (χ0) is 36.3. The highest BCUT2D eigenvalue weighted by molar-refractivity contribution is 7.26. The summed E-state index contributed by atoms with van der Waals surface area (Å²) in [6.07, 6.45) is 24.4. The van der Waals surface area contributed by atoms with Crippen molar-refractivity contribution >= 4 is 59.2 Å². The van der Waals surface area contributed by atoms with Crippen LogP contribution >= 0.6 is 11.3 Å². The Balaban J connectivity index is 1.14. The third kappa shape index (κ3) is 5.05. The van der Waals surface area contributed by atoms with Crippen LogP contribution in [0.25, 0.3) is 36.5 Å². The molecular weight excluding hydrogens is 683 g/mol. The molecule has 1 nitrogen and oxygen atoms in total. The maximum absolute atomic E-state index is 2.56. The Morgan fingerprint density at radius 1 is 0.655 bits per heavy atom. The van der Waals surface area contributed by atoms with E-state index in [0.29, 0.717) is 0 Å². The van der Waals surface area contributed by atoms with Crippen LogP contribution in [0.4, 0.5) is 11.4 Å². The maximum atomic E-state index is 2.56. The van der Waals surface area contributed by atoms with E-state index in [1.54, 1.807) is 5.57 Å². The molecule has 0 amide bonds. The summed E-state index contributed by atoms with van der Waals surface area (Å²) in [6, 6.07) is 50.1. The largest absolute Gasteiger partial charge is 0.310 e. The summed E-state index contributed by atoms with van der Waals surface area (Å²) in [5, 5.41) is 5.22. The molecule has 0 bridgehead atoms. The van der Waals surface area contributed by atoms with Crippen molar-refractivity contribution in [2.45, 2.75) is 43.4 Å². The Bertz CT molecular complexity index is 2850. The van der Waals surface area contributed by atoms with Crippen molar-refractivity contribution < 1.29 is 0 Å². The number of benzene rings is 6. The fourth-order valence-electron chi connectivity index (χ4n) is 10.1. The Morgan fingerprint density at radius 3 is 2.36 bits per heavy atom. The second kappa shape index (κ2) is 13.1. The van der Waals surface area contributed by atoms with Crippen LogP contribution in [0.15, 0.2) is 199 Å². The van der Waals surface area contributed by atoms with Gasteiger partial charge in [-0.25, -0.2) is 0 Å². The first-order chi connectivity index (χ1) is 27.3. The van der Waals surface area contributed by atoms with Gasteiger partial charge in [-0.15, -0.1) is 11.3 Å². The van der Waals surface area contributed by atoms with Crippen molar-refractivity contribution in [2.75, 3.05) is 4.90 Å². The van der Waals surface area contributed by atoms with Gasteiger partial charge in [0.15, 0.2) is 0 Å². The minimum Gasteiger partial charge on any atom is -0.310 e. The van der Waals surface area contributed by atoms with E-state index in [2.05, 4.69) is 187 Å². The Hall–Kier alpha value is -5.96. The lowest BCUT2D eigenvalue weighted by Gasteiger charge is -2.39. The summed E-state index contributed by atoms with van der Waals surface area (Å²) in [5.41, 5.74) is 13.3. The number of thiophene rings is 1. The highest BCUT2D eigenvalue weighted by Gasteiger charge is 2.48. The molecule has 0 saturated heterocycles. The summed E-state index contributed by atoms with van der Waals surface area (Å²) >= 11 is 1.93. The van der Waals surface area contributed by atoms with Crippen molar-refractivity contribution in [1.82, 2.24) is 0 Å². The van der Waals surface area contributed by atoms with E-state index < -0.39 is 0 Å². The second-order valence-corrected chi connectivity index (χ2v) is 16.4. The van der Waals surface area contributed by atoms with Crippen LogP contribution in [0.5, 0.6) is 0 Å². The van der Waals surface area contributed by atoms with Gasteiger partial charge < -0.3 is 4.90 Å². The summed E-state index contributed by atoms with van der Waals surface area (Å²) in [4.78, 5) is 2.55. The van der Waals surface area contributed by atoms with Gasteiger partial charge in [0, 0.05) is 42.9 Å². The molecule has 0 saturated carbocycles. The first-order valence-corrected chi connectivity index (χ1v) is 20.6. The second-order valence-electron chi connectivity index (χ2n) is 15.3. The molecule has 2 unspecified atom stereocenters. The molecule has 0 N–H and O–H groups in total. The molecule has 1 heterocycles. The topological polar surface area (TPSA) is 3.24 Å². The van der Waals surface area contributed by atoms with E-state index in [0.717, 1.165) is 32.1 Å². The average Bonchev–Trinajstić information content (AvgIpc) is 3.79. The third-order valence-corrected chi connectivity index (χ3v) is 13.7. The summed E-state index contributed by atoms with van der Waals surface area (Å²) in [7, 11) is 0. The van der Waals surface area contributed by atoms with E-state index in [4.69, 9.17) is 0 Å². The zero-order valence-corrected chi connectivity index (χ0v) is 31.6. The lowest BCUT2D eigenvalue weighted by molar-refractivity contribution is 0.644. The number of hydrogen-bond acceptors (Lipinski definition) is 2. The number of anilines is 2. The first kappa shape index (κ1) is 32.5. The molecule has 7 aromatic rings. The molecule has 55 heavy (non-hydrogen) atoms. The van der Waals surface area contributed by atoms with Crippen LogP contribution in [0.2, 0.25) is 0 Å². The molecule has 11 rings (SSSR count). The summed E-state index contributed by atoms with van der Waals surface area (Å²) < 4.78 is 2.76. The van der Waals surface area contributed by atoms with Crippen molar-refractivity contribution in [3.05, 3.63) is 221 Å². The van der Waals surface area contributed by atoms with Gasteiger partial charge in [-0.2, -0.15) is 0 Å². The smallest absolute Gasteiger partial charge is 0.0640 e. The predicted molar refractivity (Wildman–Crippen MR) is 235 cm³/mol. The van der Waals surface area contributed by atoms with Gasteiger partial charge >= 0.3 is 0 Å².